The molecule has 13 heavy (non-hydrogen) atoms. The van der Waals surface area contributed by atoms with Gasteiger partial charge in [-0.05, 0) is 13.8 Å². The second-order valence-electron chi connectivity index (χ2n) is 2.39. The fourth-order valence-corrected chi connectivity index (χ4v) is 0.831. The van der Waals surface area contributed by atoms with Crippen LogP contribution in [0.3, 0.4) is 0 Å². The van der Waals surface area contributed by atoms with Crippen molar-refractivity contribution in [3.63, 3.8) is 0 Å². The van der Waals surface area contributed by atoms with Gasteiger partial charge in [-0.25, -0.2) is 8.78 Å². The van der Waals surface area contributed by atoms with Gasteiger partial charge < -0.3 is 4.74 Å². The minimum absolute atomic E-state index is 0.147. The summed E-state index contributed by atoms with van der Waals surface area (Å²) in [6.07, 6.45) is 0. The molecule has 0 bridgehead atoms. The van der Waals surface area contributed by atoms with E-state index >= 15 is 0 Å². The predicted molar refractivity (Wildman–Crippen MR) is 40.0 cm³/mol. The summed E-state index contributed by atoms with van der Waals surface area (Å²) in [5.74, 6) is -4.08. The van der Waals surface area contributed by atoms with Crippen LogP contribution < -0.4 is 4.74 Å². The van der Waals surface area contributed by atoms with Crippen molar-refractivity contribution in [2.75, 3.05) is 6.61 Å². The standard InChI is InChI=1S/C8H8F3NO/c1-3-13-8-6(10)4(2)5(9)7(11)12-8/h3H2,1-2H3. The molecule has 0 radical (unpaired) electrons. The van der Waals surface area contributed by atoms with Crippen molar-refractivity contribution in [2.24, 2.45) is 0 Å². The van der Waals surface area contributed by atoms with Gasteiger partial charge in [0.05, 0.1) is 6.61 Å². The zero-order valence-corrected chi connectivity index (χ0v) is 7.20. The molecule has 1 rings (SSSR count). The molecule has 72 valence electrons. The summed E-state index contributed by atoms with van der Waals surface area (Å²) < 4.78 is 43.0. The summed E-state index contributed by atoms with van der Waals surface area (Å²) in [6.45, 7) is 2.87. The number of nitrogens with zero attached hydrogens (tertiary/aromatic N) is 1. The van der Waals surface area contributed by atoms with Gasteiger partial charge in [-0.3, -0.25) is 0 Å². The number of hydrogen-bond donors (Lipinski definition) is 0. The molecule has 1 aromatic heterocycles. The summed E-state index contributed by atoms with van der Waals surface area (Å²) in [7, 11) is 0. The molecule has 0 aliphatic rings. The lowest BCUT2D eigenvalue weighted by molar-refractivity contribution is 0.294. The fourth-order valence-electron chi connectivity index (χ4n) is 0.831. The molecule has 1 aromatic rings. The van der Waals surface area contributed by atoms with E-state index in [9.17, 15) is 13.2 Å². The van der Waals surface area contributed by atoms with Crippen LogP contribution in [0.25, 0.3) is 0 Å². The molecule has 2 nitrogen and oxygen atoms in total. The molecule has 0 spiro atoms. The van der Waals surface area contributed by atoms with Gasteiger partial charge in [0.1, 0.15) is 0 Å². The molecule has 0 fully saturated rings. The molecule has 0 atom stereocenters. The number of hydrogen-bond acceptors (Lipinski definition) is 2. The van der Waals surface area contributed by atoms with Crippen LogP contribution >= 0.6 is 0 Å². The van der Waals surface area contributed by atoms with Crippen LogP contribution in [-0.2, 0) is 0 Å². The first-order valence-corrected chi connectivity index (χ1v) is 3.71. The molecule has 1 heterocycles. The fraction of sp³-hybridized carbons (Fsp3) is 0.375. The topological polar surface area (TPSA) is 22.1 Å². The Morgan fingerprint density at radius 2 is 1.85 bits per heavy atom. The van der Waals surface area contributed by atoms with Crippen molar-refractivity contribution in [3.8, 4) is 5.88 Å². The van der Waals surface area contributed by atoms with Gasteiger partial charge in [-0.1, -0.05) is 0 Å². The maximum atomic E-state index is 13.0. The van der Waals surface area contributed by atoms with E-state index in [-0.39, 0.29) is 6.61 Å². The number of pyridine rings is 1. The molecule has 0 aliphatic heterocycles. The average molecular weight is 191 g/mol. The van der Waals surface area contributed by atoms with E-state index in [1.165, 1.54) is 0 Å². The number of ether oxygens (including phenoxy) is 1. The number of aromatic nitrogens is 1. The van der Waals surface area contributed by atoms with Crippen LogP contribution in [0.4, 0.5) is 13.2 Å². The van der Waals surface area contributed by atoms with Gasteiger partial charge in [-0.15, -0.1) is 0 Å². The highest BCUT2D eigenvalue weighted by Gasteiger charge is 2.17. The van der Waals surface area contributed by atoms with Gasteiger partial charge in [0.25, 0.3) is 11.8 Å². The quantitative estimate of drug-likeness (QED) is 0.668. The van der Waals surface area contributed by atoms with Crippen molar-refractivity contribution < 1.29 is 17.9 Å². The van der Waals surface area contributed by atoms with Crippen LogP contribution in [0.15, 0.2) is 0 Å². The molecular formula is C8H8F3NO. The molecule has 0 aliphatic carbocycles. The van der Waals surface area contributed by atoms with E-state index in [1.54, 1.807) is 6.92 Å². The Labute approximate surface area is 73.4 Å². The monoisotopic (exact) mass is 191 g/mol. The largest absolute Gasteiger partial charge is 0.476 e. The van der Waals surface area contributed by atoms with E-state index in [1.807, 2.05) is 0 Å². The highest BCUT2D eigenvalue weighted by Crippen LogP contribution is 2.21. The molecule has 0 aromatic carbocycles. The molecule has 5 heteroatoms. The highest BCUT2D eigenvalue weighted by atomic mass is 19.2. The molecule has 0 amide bonds. The third-order valence-electron chi connectivity index (χ3n) is 1.51. The van der Waals surface area contributed by atoms with Crippen molar-refractivity contribution in [1.82, 2.24) is 4.98 Å². The summed E-state index contributed by atoms with van der Waals surface area (Å²) in [5.41, 5.74) is -0.420. The van der Waals surface area contributed by atoms with E-state index in [0.29, 0.717) is 0 Å². The molecule has 0 saturated carbocycles. The second-order valence-corrected chi connectivity index (χ2v) is 2.39. The van der Waals surface area contributed by atoms with Gasteiger partial charge in [-0.2, -0.15) is 9.37 Å². The maximum absolute atomic E-state index is 13.0. The van der Waals surface area contributed by atoms with Gasteiger partial charge in [0.2, 0.25) is 0 Å². The lowest BCUT2D eigenvalue weighted by Crippen LogP contribution is -2.04. The third kappa shape index (κ3) is 1.74. The average Bonchev–Trinajstić information content (AvgIpc) is 2.11. The summed E-state index contributed by atoms with van der Waals surface area (Å²) in [4.78, 5) is 2.98. The smallest absolute Gasteiger partial charge is 0.253 e. The van der Waals surface area contributed by atoms with Gasteiger partial charge in [0, 0.05) is 5.56 Å². The predicted octanol–water partition coefficient (Wildman–Crippen LogP) is 2.21. The van der Waals surface area contributed by atoms with Crippen molar-refractivity contribution in [3.05, 3.63) is 23.1 Å². The van der Waals surface area contributed by atoms with Crippen molar-refractivity contribution in [1.29, 1.82) is 0 Å². The van der Waals surface area contributed by atoms with E-state index in [2.05, 4.69) is 9.72 Å². The third-order valence-corrected chi connectivity index (χ3v) is 1.51. The molecular weight excluding hydrogens is 183 g/mol. The van der Waals surface area contributed by atoms with Gasteiger partial charge >= 0.3 is 0 Å². The first kappa shape index (κ1) is 9.83. The Morgan fingerprint density at radius 3 is 2.38 bits per heavy atom. The van der Waals surface area contributed by atoms with Gasteiger partial charge in [0.15, 0.2) is 11.6 Å². The highest BCUT2D eigenvalue weighted by molar-refractivity contribution is 5.24. The van der Waals surface area contributed by atoms with Crippen molar-refractivity contribution >= 4 is 0 Å². The lowest BCUT2D eigenvalue weighted by atomic mass is 10.2. The van der Waals surface area contributed by atoms with E-state index in [4.69, 9.17) is 0 Å². The SMILES string of the molecule is CCOc1nc(F)c(F)c(C)c1F. The van der Waals surface area contributed by atoms with E-state index in [0.717, 1.165) is 6.92 Å². The maximum Gasteiger partial charge on any atom is 0.253 e. The molecule has 0 unspecified atom stereocenters. The minimum Gasteiger partial charge on any atom is -0.476 e. The van der Waals surface area contributed by atoms with Crippen molar-refractivity contribution in [2.45, 2.75) is 13.8 Å². The lowest BCUT2D eigenvalue weighted by Gasteiger charge is -2.06. The second kappa shape index (κ2) is 3.64. The van der Waals surface area contributed by atoms with Crippen LogP contribution in [0.5, 0.6) is 5.88 Å². The summed E-state index contributed by atoms with van der Waals surface area (Å²) in [6, 6.07) is 0. The van der Waals surface area contributed by atoms with Crippen LogP contribution in [0, 0.1) is 24.5 Å². The normalized spacial score (nSPS) is 10.2. The zero-order chi connectivity index (χ0) is 10.0. The molecule has 0 saturated heterocycles. The van der Waals surface area contributed by atoms with Crippen LogP contribution in [0.1, 0.15) is 12.5 Å². The zero-order valence-electron chi connectivity index (χ0n) is 7.20. The Bertz CT molecular complexity index is 328. The van der Waals surface area contributed by atoms with Crippen LogP contribution in [0.2, 0.25) is 0 Å². The Kier molecular flexibility index (Phi) is 2.75. The summed E-state index contributed by atoms with van der Waals surface area (Å²) >= 11 is 0. The number of rotatable bonds is 2. The Hall–Kier alpha value is -1.26. The Morgan fingerprint density at radius 1 is 1.23 bits per heavy atom. The first-order valence-electron chi connectivity index (χ1n) is 3.71. The summed E-state index contributed by atoms with van der Waals surface area (Å²) in [5, 5.41) is 0. The minimum atomic E-state index is -1.35. The van der Waals surface area contributed by atoms with E-state index < -0.39 is 29.0 Å². The Balaban J connectivity index is 3.24. The number of halogens is 3. The molecule has 0 N–H and O–H groups in total. The van der Waals surface area contributed by atoms with Crippen LogP contribution in [-0.4, -0.2) is 11.6 Å². The first-order chi connectivity index (χ1) is 6.07.